The third kappa shape index (κ3) is 1.22. The zero-order valence-electron chi connectivity index (χ0n) is 8.32. The van der Waals surface area contributed by atoms with Crippen LogP contribution in [0.15, 0.2) is 11.6 Å². The third-order valence-corrected chi connectivity index (χ3v) is 3.17. The Balaban J connectivity index is 3.22. The molecule has 0 amide bonds. The maximum absolute atomic E-state index is 10.7. The number of rotatable bonds is 1. The fourth-order valence-corrected chi connectivity index (χ4v) is 1.95. The molecule has 72 valence electrons. The molecule has 0 aromatic heterocycles. The van der Waals surface area contributed by atoms with E-state index in [0.717, 1.165) is 6.29 Å². The van der Waals surface area contributed by atoms with Gasteiger partial charge in [-0.3, -0.25) is 4.79 Å². The average Bonchev–Trinajstić information content (AvgIpc) is 2.20. The van der Waals surface area contributed by atoms with E-state index in [4.69, 9.17) is 10.5 Å². The number of nitrogens with zero attached hydrogens (tertiary/aromatic N) is 2. The fourth-order valence-electron chi connectivity index (χ4n) is 1.95. The number of carbonyl (C=O) groups is 1. The number of hydrogen-bond donors (Lipinski definition) is 0. The third-order valence-electron chi connectivity index (χ3n) is 3.17. The second kappa shape index (κ2) is 3.64. The van der Waals surface area contributed by atoms with E-state index in [-0.39, 0.29) is 11.8 Å². The minimum Gasteiger partial charge on any atom is -0.298 e. The summed E-state index contributed by atoms with van der Waals surface area (Å²) in [5, 5.41) is 18.2. The molecule has 1 rings (SSSR count). The molecule has 0 radical (unpaired) electrons. The zero-order valence-corrected chi connectivity index (χ0v) is 8.32. The fraction of sp³-hybridized carbons (Fsp3) is 0.545. The summed E-state index contributed by atoms with van der Waals surface area (Å²) < 4.78 is 0. The SMILES string of the molecule is C[C@H]1CC=C(C=O)[C@H](C)C1(C#N)C#N. The Labute approximate surface area is 83.6 Å². The quantitative estimate of drug-likeness (QED) is 0.589. The van der Waals surface area contributed by atoms with Crippen molar-refractivity contribution in [3.63, 3.8) is 0 Å². The topological polar surface area (TPSA) is 64.7 Å². The predicted molar refractivity (Wildman–Crippen MR) is 50.8 cm³/mol. The Hall–Kier alpha value is -1.61. The molecule has 0 fully saturated rings. The Bertz CT molecular complexity index is 342. The van der Waals surface area contributed by atoms with Gasteiger partial charge in [0.2, 0.25) is 0 Å². The smallest absolute Gasteiger partial charge is 0.153 e. The van der Waals surface area contributed by atoms with Crippen LogP contribution >= 0.6 is 0 Å². The van der Waals surface area contributed by atoms with Crippen molar-refractivity contribution < 1.29 is 4.79 Å². The second-order valence-electron chi connectivity index (χ2n) is 3.77. The van der Waals surface area contributed by atoms with E-state index in [9.17, 15) is 4.79 Å². The molecule has 2 atom stereocenters. The lowest BCUT2D eigenvalue weighted by molar-refractivity contribution is -0.105. The van der Waals surface area contributed by atoms with E-state index in [1.165, 1.54) is 0 Å². The monoisotopic (exact) mass is 188 g/mol. The molecule has 0 unspecified atom stereocenters. The first kappa shape index (κ1) is 10.5. The molecule has 0 heterocycles. The van der Waals surface area contributed by atoms with Gasteiger partial charge in [-0.15, -0.1) is 0 Å². The summed E-state index contributed by atoms with van der Waals surface area (Å²) in [7, 11) is 0. The highest BCUT2D eigenvalue weighted by molar-refractivity contribution is 5.75. The summed E-state index contributed by atoms with van der Waals surface area (Å²) in [5.41, 5.74) is -0.462. The van der Waals surface area contributed by atoms with E-state index in [1.807, 2.05) is 13.0 Å². The van der Waals surface area contributed by atoms with Crippen LogP contribution in [0, 0.1) is 39.9 Å². The van der Waals surface area contributed by atoms with Crippen LogP contribution in [0.1, 0.15) is 20.3 Å². The van der Waals surface area contributed by atoms with Crippen LogP contribution < -0.4 is 0 Å². The summed E-state index contributed by atoms with van der Waals surface area (Å²) in [6, 6.07) is 4.14. The number of hydrogen-bond acceptors (Lipinski definition) is 3. The maximum atomic E-state index is 10.7. The molecule has 0 N–H and O–H groups in total. The largest absolute Gasteiger partial charge is 0.298 e. The lowest BCUT2D eigenvalue weighted by atomic mass is 9.63. The van der Waals surface area contributed by atoms with Gasteiger partial charge in [-0.25, -0.2) is 0 Å². The van der Waals surface area contributed by atoms with E-state index < -0.39 is 5.41 Å². The van der Waals surface area contributed by atoms with Crippen molar-refractivity contribution in [2.45, 2.75) is 20.3 Å². The Morgan fingerprint density at radius 3 is 2.50 bits per heavy atom. The lowest BCUT2D eigenvalue weighted by Gasteiger charge is -2.35. The molecule has 3 heteroatoms. The van der Waals surface area contributed by atoms with Crippen LogP contribution in [-0.4, -0.2) is 6.29 Å². The van der Waals surface area contributed by atoms with Gasteiger partial charge in [0.15, 0.2) is 5.41 Å². The molecule has 1 aliphatic rings. The van der Waals surface area contributed by atoms with Crippen LogP contribution in [0.5, 0.6) is 0 Å². The Kier molecular flexibility index (Phi) is 2.72. The average molecular weight is 188 g/mol. The van der Waals surface area contributed by atoms with Gasteiger partial charge in [-0.1, -0.05) is 19.9 Å². The Morgan fingerprint density at radius 1 is 1.50 bits per heavy atom. The number of aldehydes is 1. The van der Waals surface area contributed by atoms with Gasteiger partial charge in [-0.2, -0.15) is 10.5 Å². The van der Waals surface area contributed by atoms with Gasteiger partial charge in [0.05, 0.1) is 12.1 Å². The molecule has 1 aliphatic carbocycles. The molecule has 0 bridgehead atoms. The molecule has 0 aromatic carbocycles. The molecular formula is C11H12N2O. The minimum atomic E-state index is -1.04. The molecule has 3 nitrogen and oxygen atoms in total. The summed E-state index contributed by atoms with van der Waals surface area (Å²) >= 11 is 0. The standard InChI is InChI=1S/C11H12N2O/c1-8-3-4-10(5-14)9(2)11(8,6-12)7-13/h4-5,8-9H,3H2,1-2H3/t8-,9-/m0/s1. The maximum Gasteiger partial charge on any atom is 0.153 e. The second-order valence-corrected chi connectivity index (χ2v) is 3.77. The van der Waals surface area contributed by atoms with E-state index in [1.54, 1.807) is 6.92 Å². The van der Waals surface area contributed by atoms with E-state index in [2.05, 4.69) is 12.1 Å². The number of nitriles is 2. The van der Waals surface area contributed by atoms with Gasteiger partial charge in [0.25, 0.3) is 0 Å². The van der Waals surface area contributed by atoms with Crippen LogP contribution in [0.25, 0.3) is 0 Å². The summed E-state index contributed by atoms with van der Waals surface area (Å²) in [6.45, 7) is 3.64. The van der Waals surface area contributed by atoms with Gasteiger partial charge in [0.1, 0.15) is 6.29 Å². The highest BCUT2D eigenvalue weighted by Gasteiger charge is 2.45. The lowest BCUT2D eigenvalue weighted by Crippen LogP contribution is -2.36. The summed E-state index contributed by atoms with van der Waals surface area (Å²) in [6.07, 6.45) is 3.20. The molecular weight excluding hydrogens is 176 g/mol. The van der Waals surface area contributed by atoms with E-state index in [0.29, 0.717) is 12.0 Å². The molecule has 0 aliphatic heterocycles. The van der Waals surface area contributed by atoms with Gasteiger partial charge in [-0.05, 0) is 17.9 Å². The van der Waals surface area contributed by atoms with Crippen molar-refractivity contribution in [2.24, 2.45) is 17.3 Å². The molecule has 0 saturated carbocycles. The first-order chi connectivity index (χ1) is 6.62. The van der Waals surface area contributed by atoms with Gasteiger partial charge in [0, 0.05) is 5.92 Å². The van der Waals surface area contributed by atoms with Crippen LogP contribution in [0.3, 0.4) is 0 Å². The van der Waals surface area contributed by atoms with Crippen molar-refractivity contribution in [1.29, 1.82) is 10.5 Å². The molecule has 0 saturated heterocycles. The van der Waals surface area contributed by atoms with E-state index >= 15 is 0 Å². The highest BCUT2D eigenvalue weighted by atomic mass is 16.1. The zero-order chi connectivity index (χ0) is 10.8. The number of carbonyl (C=O) groups excluding carboxylic acids is 1. The van der Waals surface area contributed by atoms with Gasteiger partial charge >= 0.3 is 0 Å². The molecule has 0 aromatic rings. The first-order valence-electron chi connectivity index (χ1n) is 4.60. The van der Waals surface area contributed by atoms with Gasteiger partial charge < -0.3 is 0 Å². The normalized spacial score (nSPS) is 29.6. The van der Waals surface area contributed by atoms with Crippen molar-refractivity contribution in [2.75, 3.05) is 0 Å². The highest BCUT2D eigenvalue weighted by Crippen LogP contribution is 2.43. The summed E-state index contributed by atoms with van der Waals surface area (Å²) in [4.78, 5) is 10.7. The van der Waals surface area contributed by atoms with Crippen molar-refractivity contribution in [3.8, 4) is 12.1 Å². The van der Waals surface area contributed by atoms with Crippen LogP contribution in [0.2, 0.25) is 0 Å². The van der Waals surface area contributed by atoms with Crippen molar-refractivity contribution >= 4 is 6.29 Å². The van der Waals surface area contributed by atoms with Crippen molar-refractivity contribution in [1.82, 2.24) is 0 Å². The first-order valence-corrected chi connectivity index (χ1v) is 4.60. The molecule has 0 spiro atoms. The van der Waals surface area contributed by atoms with Crippen LogP contribution in [-0.2, 0) is 4.79 Å². The minimum absolute atomic E-state index is 0.0174. The summed E-state index contributed by atoms with van der Waals surface area (Å²) in [5.74, 6) is -0.310. The molecule has 14 heavy (non-hydrogen) atoms. The Morgan fingerprint density at radius 2 is 2.07 bits per heavy atom. The number of allylic oxidation sites excluding steroid dienone is 2. The van der Waals surface area contributed by atoms with Crippen LogP contribution in [0.4, 0.5) is 0 Å². The predicted octanol–water partition coefficient (Wildman–Crippen LogP) is 1.82. The van der Waals surface area contributed by atoms with Crippen molar-refractivity contribution in [3.05, 3.63) is 11.6 Å².